The van der Waals surface area contributed by atoms with Gasteiger partial charge in [-0.05, 0) is 19.5 Å². The minimum Gasteiger partial charge on any atom is -0.318 e. The molecule has 0 aromatic rings. The van der Waals surface area contributed by atoms with Crippen LogP contribution in [0.2, 0.25) is 0 Å². The van der Waals surface area contributed by atoms with Gasteiger partial charge in [0, 0.05) is 13.1 Å². The van der Waals surface area contributed by atoms with Gasteiger partial charge in [-0.3, -0.25) is 0 Å². The second-order valence-electron chi connectivity index (χ2n) is 2.82. The molecule has 0 aliphatic heterocycles. The van der Waals surface area contributed by atoms with Gasteiger partial charge in [-0.15, -0.1) is 0 Å². The summed E-state index contributed by atoms with van der Waals surface area (Å²) in [6, 6.07) is 0. The standard InChI is InChI=1S/C8H20N2/c1-4-8(2)7-10-6-5-9-3/h8-10H,4-7H2,1-3H3. The lowest BCUT2D eigenvalue weighted by Crippen LogP contribution is -2.28. The Morgan fingerprint density at radius 1 is 1.30 bits per heavy atom. The van der Waals surface area contributed by atoms with Crippen LogP contribution in [-0.2, 0) is 0 Å². The van der Waals surface area contributed by atoms with Crippen LogP contribution in [0.3, 0.4) is 0 Å². The fraction of sp³-hybridized carbons (Fsp3) is 1.00. The van der Waals surface area contributed by atoms with Crippen molar-refractivity contribution in [2.75, 3.05) is 26.7 Å². The summed E-state index contributed by atoms with van der Waals surface area (Å²) in [6.07, 6.45) is 1.27. The zero-order chi connectivity index (χ0) is 7.82. The van der Waals surface area contributed by atoms with Gasteiger partial charge in [0.15, 0.2) is 0 Å². The van der Waals surface area contributed by atoms with Crippen molar-refractivity contribution in [1.82, 2.24) is 10.6 Å². The van der Waals surface area contributed by atoms with Crippen LogP contribution in [0.25, 0.3) is 0 Å². The first kappa shape index (κ1) is 9.92. The molecule has 0 aromatic heterocycles. The molecule has 0 saturated carbocycles. The van der Waals surface area contributed by atoms with Crippen LogP contribution in [0.15, 0.2) is 0 Å². The summed E-state index contributed by atoms with van der Waals surface area (Å²) < 4.78 is 0. The van der Waals surface area contributed by atoms with Gasteiger partial charge in [-0.25, -0.2) is 0 Å². The van der Waals surface area contributed by atoms with Crippen LogP contribution < -0.4 is 10.6 Å². The molecule has 2 N–H and O–H groups in total. The van der Waals surface area contributed by atoms with Crippen molar-refractivity contribution in [1.29, 1.82) is 0 Å². The molecule has 62 valence electrons. The molecule has 0 bridgehead atoms. The Labute approximate surface area is 64.4 Å². The summed E-state index contributed by atoms with van der Waals surface area (Å²) in [7, 11) is 1.98. The molecule has 0 fully saturated rings. The molecule has 0 spiro atoms. The lowest BCUT2D eigenvalue weighted by atomic mass is 10.1. The highest BCUT2D eigenvalue weighted by Crippen LogP contribution is 1.96. The maximum atomic E-state index is 3.37. The van der Waals surface area contributed by atoms with E-state index < -0.39 is 0 Å². The predicted molar refractivity (Wildman–Crippen MR) is 46.3 cm³/mol. The molecule has 1 unspecified atom stereocenters. The highest BCUT2D eigenvalue weighted by Gasteiger charge is 1.95. The van der Waals surface area contributed by atoms with Gasteiger partial charge in [0.25, 0.3) is 0 Å². The average molecular weight is 144 g/mol. The van der Waals surface area contributed by atoms with E-state index in [1.54, 1.807) is 0 Å². The summed E-state index contributed by atoms with van der Waals surface area (Å²) in [5.74, 6) is 0.817. The van der Waals surface area contributed by atoms with Gasteiger partial charge in [0.05, 0.1) is 0 Å². The molecule has 2 heteroatoms. The molecular weight excluding hydrogens is 124 g/mol. The molecule has 0 radical (unpaired) electrons. The zero-order valence-corrected chi connectivity index (χ0v) is 7.41. The molecule has 1 atom stereocenters. The summed E-state index contributed by atoms with van der Waals surface area (Å²) in [6.45, 7) is 7.80. The van der Waals surface area contributed by atoms with E-state index in [4.69, 9.17) is 0 Å². The maximum absolute atomic E-state index is 3.37. The normalized spacial score (nSPS) is 13.5. The van der Waals surface area contributed by atoms with E-state index in [1.165, 1.54) is 6.42 Å². The fourth-order valence-corrected chi connectivity index (χ4v) is 0.706. The molecule has 2 nitrogen and oxygen atoms in total. The minimum absolute atomic E-state index is 0.817. The fourth-order valence-electron chi connectivity index (χ4n) is 0.706. The zero-order valence-electron chi connectivity index (χ0n) is 7.41. The van der Waals surface area contributed by atoms with E-state index in [9.17, 15) is 0 Å². The molecule has 10 heavy (non-hydrogen) atoms. The Morgan fingerprint density at radius 3 is 2.50 bits per heavy atom. The summed E-state index contributed by atoms with van der Waals surface area (Å²) in [5.41, 5.74) is 0. The van der Waals surface area contributed by atoms with Crippen molar-refractivity contribution in [2.45, 2.75) is 20.3 Å². The third-order valence-electron chi connectivity index (χ3n) is 1.74. The molecule has 0 amide bonds. The van der Waals surface area contributed by atoms with Crippen molar-refractivity contribution < 1.29 is 0 Å². The van der Waals surface area contributed by atoms with E-state index in [-0.39, 0.29) is 0 Å². The maximum Gasteiger partial charge on any atom is 0.00767 e. The molecule has 0 aromatic carbocycles. The summed E-state index contributed by atoms with van der Waals surface area (Å²) >= 11 is 0. The first-order chi connectivity index (χ1) is 4.81. The van der Waals surface area contributed by atoms with Crippen LogP contribution >= 0.6 is 0 Å². The SMILES string of the molecule is CCC(C)CNCCNC. The Balaban J connectivity index is 2.89. The first-order valence-electron chi connectivity index (χ1n) is 4.16. The van der Waals surface area contributed by atoms with Crippen LogP contribution in [0.5, 0.6) is 0 Å². The molecular formula is C8H20N2. The molecule has 0 saturated heterocycles. The van der Waals surface area contributed by atoms with E-state index >= 15 is 0 Å². The Kier molecular flexibility index (Phi) is 6.98. The molecule has 0 aliphatic rings. The molecule has 0 aliphatic carbocycles. The van der Waals surface area contributed by atoms with Gasteiger partial charge in [0.1, 0.15) is 0 Å². The lowest BCUT2D eigenvalue weighted by molar-refractivity contribution is 0.498. The number of hydrogen-bond acceptors (Lipinski definition) is 2. The van der Waals surface area contributed by atoms with E-state index in [2.05, 4.69) is 24.5 Å². The number of rotatable bonds is 6. The predicted octanol–water partition coefficient (Wildman–Crippen LogP) is 0.842. The van der Waals surface area contributed by atoms with Gasteiger partial charge in [-0.2, -0.15) is 0 Å². The number of nitrogens with one attached hydrogen (secondary N) is 2. The Morgan fingerprint density at radius 2 is 2.00 bits per heavy atom. The summed E-state index contributed by atoms with van der Waals surface area (Å²) in [5, 5.41) is 6.47. The van der Waals surface area contributed by atoms with Crippen molar-refractivity contribution in [3.63, 3.8) is 0 Å². The third kappa shape index (κ3) is 6.05. The largest absolute Gasteiger partial charge is 0.318 e. The molecule has 0 heterocycles. The van der Waals surface area contributed by atoms with Crippen LogP contribution in [-0.4, -0.2) is 26.7 Å². The van der Waals surface area contributed by atoms with Crippen LogP contribution in [0, 0.1) is 5.92 Å². The highest BCUT2D eigenvalue weighted by atomic mass is 14.9. The third-order valence-corrected chi connectivity index (χ3v) is 1.74. The number of likely N-dealkylation sites (N-methyl/N-ethyl adjacent to an activating group) is 1. The van der Waals surface area contributed by atoms with Crippen molar-refractivity contribution >= 4 is 0 Å². The average Bonchev–Trinajstić information content (AvgIpc) is 1.98. The van der Waals surface area contributed by atoms with Gasteiger partial charge < -0.3 is 10.6 Å². The monoisotopic (exact) mass is 144 g/mol. The van der Waals surface area contributed by atoms with Crippen molar-refractivity contribution in [3.05, 3.63) is 0 Å². The second kappa shape index (κ2) is 7.03. The quantitative estimate of drug-likeness (QED) is 0.540. The highest BCUT2D eigenvalue weighted by molar-refractivity contribution is 4.54. The molecule has 0 rings (SSSR count). The van der Waals surface area contributed by atoms with Crippen molar-refractivity contribution in [3.8, 4) is 0 Å². The Bertz CT molecular complexity index is 64.3. The van der Waals surface area contributed by atoms with Gasteiger partial charge >= 0.3 is 0 Å². The topological polar surface area (TPSA) is 24.1 Å². The van der Waals surface area contributed by atoms with Crippen molar-refractivity contribution in [2.24, 2.45) is 5.92 Å². The van der Waals surface area contributed by atoms with E-state index in [0.29, 0.717) is 0 Å². The van der Waals surface area contributed by atoms with E-state index in [1.807, 2.05) is 7.05 Å². The first-order valence-corrected chi connectivity index (χ1v) is 4.16. The van der Waals surface area contributed by atoms with Gasteiger partial charge in [-0.1, -0.05) is 20.3 Å². The van der Waals surface area contributed by atoms with E-state index in [0.717, 1.165) is 25.6 Å². The number of hydrogen-bond donors (Lipinski definition) is 2. The van der Waals surface area contributed by atoms with Gasteiger partial charge in [0.2, 0.25) is 0 Å². The lowest BCUT2D eigenvalue weighted by Gasteiger charge is -2.08. The smallest absolute Gasteiger partial charge is 0.00767 e. The minimum atomic E-state index is 0.817. The summed E-state index contributed by atoms with van der Waals surface area (Å²) in [4.78, 5) is 0. The second-order valence-corrected chi connectivity index (χ2v) is 2.82. The van der Waals surface area contributed by atoms with Crippen LogP contribution in [0.4, 0.5) is 0 Å². The Hall–Kier alpha value is -0.0800. The van der Waals surface area contributed by atoms with Crippen LogP contribution in [0.1, 0.15) is 20.3 Å².